The zero-order valence-electron chi connectivity index (χ0n) is 10.7. The Kier molecular flexibility index (Phi) is 3.69. The standard InChI is InChI=1S/C14H21NO2/c1-3-16-10-14(2,15)12-8-4-6-11-7-5-9-17-13(11)12/h4,6,8H,3,5,7,9-10,15H2,1-2H3. The molecule has 0 aliphatic carbocycles. The molecular weight excluding hydrogens is 214 g/mol. The predicted octanol–water partition coefficient (Wildman–Crippen LogP) is 2.22. The minimum absolute atomic E-state index is 0.487. The first-order valence-corrected chi connectivity index (χ1v) is 6.27. The van der Waals surface area contributed by atoms with E-state index >= 15 is 0 Å². The molecule has 3 heteroatoms. The van der Waals surface area contributed by atoms with Gasteiger partial charge in [-0.25, -0.2) is 0 Å². The maximum atomic E-state index is 6.34. The van der Waals surface area contributed by atoms with Crippen LogP contribution in [0, 0.1) is 0 Å². The number of aryl methyl sites for hydroxylation is 1. The highest BCUT2D eigenvalue weighted by molar-refractivity contribution is 5.46. The number of para-hydroxylation sites is 1. The van der Waals surface area contributed by atoms with Gasteiger partial charge in [0.25, 0.3) is 0 Å². The monoisotopic (exact) mass is 235 g/mol. The molecule has 1 unspecified atom stereocenters. The molecular formula is C14H21NO2. The largest absolute Gasteiger partial charge is 0.493 e. The molecule has 0 spiro atoms. The van der Waals surface area contributed by atoms with Crippen LogP contribution in [0.25, 0.3) is 0 Å². The van der Waals surface area contributed by atoms with Crippen molar-refractivity contribution in [1.82, 2.24) is 0 Å². The van der Waals surface area contributed by atoms with E-state index in [4.69, 9.17) is 15.2 Å². The van der Waals surface area contributed by atoms with Crippen molar-refractivity contribution in [2.24, 2.45) is 5.73 Å². The van der Waals surface area contributed by atoms with Gasteiger partial charge in [0, 0.05) is 12.2 Å². The average molecular weight is 235 g/mol. The second kappa shape index (κ2) is 5.07. The number of hydrogen-bond donors (Lipinski definition) is 1. The molecule has 1 heterocycles. The minimum Gasteiger partial charge on any atom is -0.493 e. The summed E-state index contributed by atoms with van der Waals surface area (Å²) in [5, 5.41) is 0. The molecule has 2 N–H and O–H groups in total. The summed E-state index contributed by atoms with van der Waals surface area (Å²) in [6.07, 6.45) is 2.16. The summed E-state index contributed by atoms with van der Waals surface area (Å²) in [5.41, 5.74) is 8.18. The summed E-state index contributed by atoms with van der Waals surface area (Å²) in [6.45, 7) is 5.96. The molecule has 3 nitrogen and oxygen atoms in total. The first-order valence-electron chi connectivity index (χ1n) is 6.27. The zero-order valence-corrected chi connectivity index (χ0v) is 10.7. The van der Waals surface area contributed by atoms with Gasteiger partial charge in [0.1, 0.15) is 5.75 Å². The fourth-order valence-electron chi connectivity index (χ4n) is 2.23. The second-order valence-corrected chi connectivity index (χ2v) is 4.80. The van der Waals surface area contributed by atoms with Crippen LogP contribution in [-0.4, -0.2) is 19.8 Å². The maximum Gasteiger partial charge on any atom is 0.127 e. The van der Waals surface area contributed by atoms with Crippen LogP contribution in [-0.2, 0) is 16.7 Å². The molecule has 2 rings (SSSR count). The molecule has 0 aromatic heterocycles. The molecule has 17 heavy (non-hydrogen) atoms. The topological polar surface area (TPSA) is 44.5 Å². The van der Waals surface area contributed by atoms with Crippen molar-refractivity contribution < 1.29 is 9.47 Å². The Labute approximate surface area is 103 Å². The molecule has 1 atom stereocenters. The third kappa shape index (κ3) is 2.61. The van der Waals surface area contributed by atoms with Crippen molar-refractivity contribution in [3.8, 4) is 5.75 Å². The van der Waals surface area contributed by atoms with E-state index in [0.717, 1.165) is 30.8 Å². The van der Waals surface area contributed by atoms with Crippen LogP contribution >= 0.6 is 0 Å². The van der Waals surface area contributed by atoms with Gasteiger partial charge in [-0.3, -0.25) is 0 Å². The van der Waals surface area contributed by atoms with Gasteiger partial charge in [-0.1, -0.05) is 18.2 Å². The average Bonchev–Trinajstić information content (AvgIpc) is 2.36. The molecule has 0 radical (unpaired) electrons. The quantitative estimate of drug-likeness (QED) is 0.870. The Hall–Kier alpha value is -1.06. The Morgan fingerprint density at radius 1 is 1.47 bits per heavy atom. The van der Waals surface area contributed by atoms with Gasteiger partial charge < -0.3 is 15.2 Å². The summed E-state index contributed by atoms with van der Waals surface area (Å²) >= 11 is 0. The highest BCUT2D eigenvalue weighted by atomic mass is 16.5. The third-order valence-corrected chi connectivity index (χ3v) is 3.15. The van der Waals surface area contributed by atoms with Crippen molar-refractivity contribution in [2.75, 3.05) is 19.8 Å². The van der Waals surface area contributed by atoms with Crippen LogP contribution in [0.4, 0.5) is 0 Å². The summed E-state index contributed by atoms with van der Waals surface area (Å²) in [6, 6.07) is 6.22. The Balaban J connectivity index is 2.31. The van der Waals surface area contributed by atoms with E-state index in [-0.39, 0.29) is 0 Å². The van der Waals surface area contributed by atoms with E-state index in [9.17, 15) is 0 Å². The highest BCUT2D eigenvalue weighted by Crippen LogP contribution is 2.34. The normalized spacial score (nSPS) is 18.1. The smallest absolute Gasteiger partial charge is 0.127 e. The lowest BCUT2D eigenvalue weighted by molar-refractivity contribution is 0.0989. The SMILES string of the molecule is CCOCC(C)(N)c1cccc2c1OCCC2. The summed E-state index contributed by atoms with van der Waals surface area (Å²) in [4.78, 5) is 0. The van der Waals surface area contributed by atoms with Crippen molar-refractivity contribution in [2.45, 2.75) is 32.2 Å². The van der Waals surface area contributed by atoms with Crippen LogP contribution in [0.15, 0.2) is 18.2 Å². The van der Waals surface area contributed by atoms with Crippen molar-refractivity contribution in [1.29, 1.82) is 0 Å². The summed E-state index contributed by atoms with van der Waals surface area (Å²) in [7, 11) is 0. The lowest BCUT2D eigenvalue weighted by Gasteiger charge is -2.30. The van der Waals surface area contributed by atoms with Gasteiger partial charge in [0.05, 0.1) is 18.8 Å². The van der Waals surface area contributed by atoms with Gasteiger partial charge in [0.2, 0.25) is 0 Å². The van der Waals surface area contributed by atoms with Gasteiger partial charge in [-0.05, 0) is 32.3 Å². The van der Waals surface area contributed by atoms with E-state index in [1.54, 1.807) is 0 Å². The fourth-order valence-corrected chi connectivity index (χ4v) is 2.23. The Morgan fingerprint density at radius 2 is 2.29 bits per heavy atom. The lowest BCUT2D eigenvalue weighted by Crippen LogP contribution is -2.39. The van der Waals surface area contributed by atoms with Crippen molar-refractivity contribution in [3.63, 3.8) is 0 Å². The molecule has 1 aromatic rings. The molecule has 94 valence electrons. The van der Waals surface area contributed by atoms with Gasteiger partial charge in [0.15, 0.2) is 0 Å². The molecule has 1 aromatic carbocycles. The number of rotatable bonds is 4. The summed E-state index contributed by atoms with van der Waals surface area (Å²) in [5.74, 6) is 0.975. The number of hydrogen-bond acceptors (Lipinski definition) is 3. The molecule has 0 saturated heterocycles. The Bertz CT molecular complexity index is 388. The van der Waals surface area contributed by atoms with Gasteiger partial charge in [-0.15, -0.1) is 0 Å². The van der Waals surface area contributed by atoms with Gasteiger partial charge in [-0.2, -0.15) is 0 Å². The number of nitrogens with two attached hydrogens (primary N) is 1. The number of benzene rings is 1. The fraction of sp³-hybridized carbons (Fsp3) is 0.571. The third-order valence-electron chi connectivity index (χ3n) is 3.15. The molecule has 1 aliphatic heterocycles. The summed E-state index contributed by atoms with van der Waals surface area (Å²) < 4.78 is 11.2. The van der Waals surface area contributed by atoms with Gasteiger partial charge >= 0.3 is 0 Å². The lowest BCUT2D eigenvalue weighted by atomic mass is 9.89. The van der Waals surface area contributed by atoms with E-state index in [1.807, 2.05) is 19.9 Å². The predicted molar refractivity (Wildman–Crippen MR) is 68.3 cm³/mol. The molecule has 0 amide bonds. The van der Waals surface area contributed by atoms with Crippen LogP contribution < -0.4 is 10.5 Å². The number of fused-ring (bicyclic) bond motifs is 1. The molecule has 0 fully saturated rings. The Morgan fingerprint density at radius 3 is 3.06 bits per heavy atom. The van der Waals surface area contributed by atoms with E-state index in [0.29, 0.717) is 13.2 Å². The van der Waals surface area contributed by atoms with Crippen LogP contribution in [0.2, 0.25) is 0 Å². The first-order chi connectivity index (χ1) is 8.15. The van der Waals surface area contributed by atoms with Crippen LogP contribution in [0.5, 0.6) is 5.75 Å². The first kappa shape index (κ1) is 12.4. The van der Waals surface area contributed by atoms with Crippen LogP contribution in [0.3, 0.4) is 0 Å². The van der Waals surface area contributed by atoms with E-state index < -0.39 is 5.54 Å². The zero-order chi connectivity index (χ0) is 12.3. The van der Waals surface area contributed by atoms with E-state index in [2.05, 4.69) is 12.1 Å². The van der Waals surface area contributed by atoms with Crippen molar-refractivity contribution >= 4 is 0 Å². The minimum atomic E-state index is -0.487. The molecule has 0 saturated carbocycles. The van der Waals surface area contributed by atoms with Crippen molar-refractivity contribution in [3.05, 3.63) is 29.3 Å². The van der Waals surface area contributed by atoms with E-state index in [1.165, 1.54) is 5.56 Å². The van der Waals surface area contributed by atoms with Crippen LogP contribution in [0.1, 0.15) is 31.4 Å². The molecule has 0 bridgehead atoms. The second-order valence-electron chi connectivity index (χ2n) is 4.80. The highest BCUT2D eigenvalue weighted by Gasteiger charge is 2.27. The maximum absolute atomic E-state index is 6.34. The number of ether oxygens (including phenoxy) is 2. The molecule has 1 aliphatic rings.